The van der Waals surface area contributed by atoms with Gasteiger partial charge in [0.2, 0.25) is 5.91 Å². The standard InChI is InChI=1S/C15H28N2O4/c1-5-9(6-2)13(17-8(3)18)12-11(16)7-10(14(12)19)15(20)21-4/h9-14,19H,5-7,16H2,1-4H3,(H,17,18)/t10-,11+,12+,13-,14+/m0/s1. The summed E-state index contributed by atoms with van der Waals surface area (Å²) in [5, 5.41) is 13.4. The maximum Gasteiger partial charge on any atom is 0.311 e. The van der Waals surface area contributed by atoms with Gasteiger partial charge in [-0.1, -0.05) is 26.7 Å². The number of ether oxygens (including phenoxy) is 1. The molecule has 0 radical (unpaired) electrons. The zero-order valence-corrected chi connectivity index (χ0v) is 13.3. The number of hydrogen-bond acceptors (Lipinski definition) is 5. The van der Waals surface area contributed by atoms with Crippen LogP contribution < -0.4 is 11.1 Å². The second kappa shape index (κ2) is 7.75. The Hall–Kier alpha value is -1.14. The molecule has 0 spiro atoms. The van der Waals surface area contributed by atoms with Crippen molar-refractivity contribution in [2.45, 2.75) is 58.2 Å². The third-order valence-electron chi connectivity index (χ3n) is 4.67. The Morgan fingerprint density at radius 2 is 1.95 bits per heavy atom. The maximum atomic E-state index is 11.7. The van der Waals surface area contributed by atoms with Crippen molar-refractivity contribution in [2.24, 2.45) is 23.5 Å². The Bertz CT molecular complexity index is 371. The number of nitrogens with two attached hydrogens (primary N) is 1. The van der Waals surface area contributed by atoms with Crippen LogP contribution >= 0.6 is 0 Å². The van der Waals surface area contributed by atoms with Gasteiger partial charge in [0.15, 0.2) is 0 Å². The van der Waals surface area contributed by atoms with Crippen molar-refractivity contribution in [3.63, 3.8) is 0 Å². The van der Waals surface area contributed by atoms with Gasteiger partial charge in [-0.3, -0.25) is 9.59 Å². The van der Waals surface area contributed by atoms with E-state index in [4.69, 9.17) is 10.5 Å². The lowest BCUT2D eigenvalue weighted by Crippen LogP contribution is -2.52. The minimum Gasteiger partial charge on any atom is -0.469 e. The number of aliphatic hydroxyl groups is 1. The molecule has 0 unspecified atom stereocenters. The number of esters is 1. The molecular weight excluding hydrogens is 272 g/mol. The number of carbonyl (C=O) groups excluding carboxylic acids is 2. The van der Waals surface area contributed by atoms with E-state index in [1.807, 2.05) is 13.8 Å². The molecule has 6 nitrogen and oxygen atoms in total. The molecule has 1 aliphatic carbocycles. The Labute approximate surface area is 126 Å². The quantitative estimate of drug-likeness (QED) is 0.617. The minimum atomic E-state index is -0.884. The molecule has 4 N–H and O–H groups in total. The predicted octanol–water partition coefficient (Wildman–Crippen LogP) is 0.425. The number of nitrogens with one attached hydrogen (secondary N) is 1. The van der Waals surface area contributed by atoms with Crippen molar-refractivity contribution in [1.82, 2.24) is 5.32 Å². The monoisotopic (exact) mass is 300 g/mol. The van der Waals surface area contributed by atoms with Gasteiger partial charge in [-0.15, -0.1) is 0 Å². The van der Waals surface area contributed by atoms with Crippen molar-refractivity contribution in [2.75, 3.05) is 7.11 Å². The number of rotatable bonds is 6. The molecule has 0 aromatic heterocycles. The highest BCUT2D eigenvalue weighted by atomic mass is 16.5. The second-order valence-electron chi connectivity index (χ2n) is 5.90. The Kier molecular flexibility index (Phi) is 6.61. The van der Waals surface area contributed by atoms with Crippen LogP contribution in [0.2, 0.25) is 0 Å². The molecule has 0 aromatic carbocycles. The topological polar surface area (TPSA) is 102 Å². The van der Waals surface area contributed by atoms with Crippen LogP contribution in [0.4, 0.5) is 0 Å². The largest absolute Gasteiger partial charge is 0.469 e. The van der Waals surface area contributed by atoms with E-state index in [2.05, 4.69) is 5.32 Å². The van der Waals surface area contributed by atoms with Crippen LogP contribution in [0.3, 0.4) is 0 Å². The number of hydrogen-bond donors (Lipinski definition) is 3. The lowest BCUT2D eigenvalue weighted by Gasteiger charge is -2.35. The summed E-state index contributed by atoms with van der Waals surface area (Å²) in [6, 6.07) is -0.557. The fraction of sp³-hybridized carbons (Fsp3) is 0.867. The Morgan fingerprint density at radius 1 is 1.38 bits per heavy atom. The third kappa shape index (κ3) is 3.95. The van der Waals surface area contributed by atoms with E-state index in [0.29, 0.717) is 6.42 Å². The van der Waals surface area contributed by atoms with E-state index >= 15 is 0 Å². The molecule has 1 saturated carbocycles. The Morgan fingerprint density at radius 3 is 2.38 bits per heavy atom. The molecule has 0 heterocycles. The van der Waals surface area contributed by atoms with Crippen molar-refractivity contribution in [1.29, 1.82) is 0 Å². The number of methoxy groups -OCH3 is 1. The predicted molar refractivity (Wildman–Crippen MR) is 79.3 cm³/mol. The highest BCUT2D eigenvalue weighted by Gasteiger charge is 2.49. The average Bonchev–Trinajstić information content (AvgIpc) is 2.73. The van der Waals surface area contributed by atoms with Gasteiger partial charge >= 0.3 is 5.97 Å². The summed E-state index contributed by atoms with van der Waals surface area (Å²) in [4.78, 5) is 23.3. The van der Waals surface area contributed by atoms with E-state index < -0.39 is 18.0 Å². The van der Waals surface area contributed by atoms with Gasteiger partial charge in [0.25, 0.3) is 0 Å². The van der Waals surface area contributed by atoms with Crippen LogP contribution in [0.25, 0.3) is 0 Å². The van der Waals surface area contributed by atoms with E-state index in [1.54, 1.807) is 0 Å². The molecule has 0 bridgehead atoms. The molecule has 122 valence electrons. The molecule has 1 aliphatic rings. The van der Waals surface area contributed by atoms with Gasteiger partial charge < -0.3 is 20.9 Å². The normalized spacial score (nSPS) is 30.2. The van der Waals surface area contributed by atoms with Crippen molar-refractivity contribution in [3.05, 3.63) is 0 Å². The summed E-state index contributed by atoms with van der Waals surface area (Å²) in [5.41, 5.74) is 6.16. The SMILES string of the molecule is CCC(CC)[C@H](NC(C)=O)[C@@H]1[C@H](O)[C@@H](C(=O)OC)C[C@H]1N. The van der Waals surface area contributed by atoms with Crippen LogP contribution in [0, 0.1) is 17.8 Å². The third-order valence-corrected chi connectivity index (χ3v) is 4.67. The molecule has 1 fully saturated rings. The van der Waals surface area contributed by atoms with Crippen molar-refractivity contribution >= 4 is 11.9 Å². The summed E-state index contributed by atoms with van der Waals surface area (Å²) in [6.45, 7) is 5.56. The summed E-state index contributed by atoms with van der Waals surface area (Å²) < 4.78 is 4.73. The Balaban J connectivity index is 3.00. The van der Waals surface area contributed by atoms with E-state index in [-0.39, 0.29) is 29.8 Å². The molecule has 6 heteroatoms. The summed E-state index contributed by atoms with van der Waals surface area (Å²) in [7, 11) is 1.31. The maximum absolute atomic E-state index is 11.7. The smallest absolute Gasteiger partial charge is 0.311 e. The number of amides is 1. The minimum absolute atomic E-state index is 0.146. The van der Waals surface area contributed by atoms with E-state index in [0.717, 1.165) is 12.8 Å². The molecule has 21 heavy (non-hydrogen) atoms. The van der Waals surface area contributed by atoms with E-state index in [1.165, 1.54) is 14.0 Å². The van der Waals surface area contributed by atoms with E-state index in [9.17, 15) is 14.7 Å². The second-order valence-corrected chi connectivity index (χ2v) is 5.90. The first-order chi connectivity index (χ1) is 9.87. The van der Waals surface area contributed by atoms with Crippen molar-refractivity contribution in [3.8, 4) is 0 Å². The van der Waals surface area contributed by atoms with Crippen LogP contribution in [0.1, 0.15) is 40.0 Å². The molecule has 1 amide bonds. The summed E-state index contributed by atoms with van der Waals surface area (Å²) in [5.74, 6) is -1.31. The number of carbonyl (C=O) groups is 2. The zero-order valence-electron chi connectivity index (χ0n) is 13.3. The van der Waals surface area contributed by atoms with Gasteiger partial charge in [-0.25, -0.2) is 0 Å². The highest BCUT2D eigenvalue weighted by molar-refractivity contribution is 5.74. The van der Waals surface area contributed by atoms with Gasteiger partial charge in [-0.05, 0) is 12.3 Å². The number of aliphatic hydroxyl groups excluding tert-OH is 1. The molecule has 0 saturated heterocycles. The van der Waals surface area contributed by atoms with Crippen molar-refractivity contribution < 1.29 is 19.4 Å². The fourth-order valence-electron chi connectivity index (χ4n) is 3.54. The molecule has 0 aliphatic heterocycles. The molecular formula is C15H28N2O4. The summed E-state index contributed by atoms with van der Waals surface area (Å²) in [6.07, 6.45) is 1.25. The average molecular weight is 300 g/mol. The van der Waals surface area contributed by atoms with Crippen LogP contribution in [0.5, 0.6) is 0 Å². The van der Waals surface area contributed by atoms with Crippen LogP contribution in [0.15, 0.2) is 0 Å². The molecule has 1 rings (SSSR count). The van der Waals surface area contributed by atoms with Gasteiger partial charge in [-0.2, -0.15) is 0 Å². The lowest BCUT2D eigenvalue weighted by molar-refractivity contribution is -0.149. The first kappa shape index (κ1) is 17.9. The first-order valence-electron chi connectivity index (χ1n) is 7.65. The molecule has 0 aromatic rings. The lowest BCUT2D eigenvalue weighted by atomic mass is 9.80. The highest BCUT2D eigenvalue weighted by Crippen LogP contribution is 2.37. The van der Waals surface area contributed by atoms with Crippen LogP contribution in [-0.2, 0) is 14.3 Å². The van der Waals surface area contributed by atoms with Crippen LogP contribution in [-0.4, -0.2) is 42.3 Å². The van der Waals surface area contributed by atoms with Gasteiger partial charge in [0.1, 0.15) is 0 Å². The fourth-order valence-corrected chi connectivity index (χ4v) is 3.54. The zero-order chi connectivity index (χ0) is 16.2. The van der Waals surface area contributed by atoms with Gasteiger partial charge in [0.05, 0.1) is 19.1 Å². The van der Waals surface area contributed by atoms with Gasteiger partial charge in [0, 0.05) is 24.9 Å². The first-order valence-corrected chi connectivity index (χ1v) is 7.65. The molecule has 5 atom stereocenters. The summed E-state index contributed by atoms with van der Waals surface area (Å²) >= 11 is 0.